The van der Waals surface area contributed by atoms with Gasteiger partial charge in [-0.2, -0.15) is 0 Å². The fourth-order valence-corrected chi connectivity index (χ4v) is 3.88. The Hall–Kier alpha value is -2.18. The van der Waals surface area contributed by atoms with E-state index in [1.54, 1.807) is 0 Å². The molecule has 124 valence electrons. The number of methoxy groups -OCH3 is 1. The van der Waals surface area contributed by atoms with Crippen LogP contribution in [0.25, 0.3) is 0 Å². The highest BCUT2D eigenvalue weighted by atomic mass is 19.1. The smallest absolute Gasteiger partial charge is 0.311 e. The lowest BCUT2D eigenvalue weighted by Crippen LogP contribution is -2.37. The zero-order valence-electron chi connectivity index (χ0n) is 12.6. The van der Waals surface area contributed by atoms with Gasteiger partial charge in [0, 0.05) is 13.1 Å². The van der Waals surface area contributed by atoms with Crippen LogP contribution in [0.5, 0.6) is 5.75 Å². The summed E-state index contributed by atoms with van der Waals surface area (Å²) in [6.45, 7) is 0.259. The number of carboxylic acids is 1. The molecule has 1 saturated carbocycles. The Morgan fingerprint density at radius 1 is 1.35 bits per heavy atom. The standard InChI is InChI=1S/C16H17F2NO4/c1-23-13-11(18)5-4-10(17)12(13)14(20)19-7-9-3-2-6-16(9,8-19)15(21)22/h4-5,9H,2-3,6-8H2,1H3,(H,21,22)/t9-,16+/m0/s1. The second kappa shape index (κ2) is 5.47. The number of nitrogens with zero attached hydrogens (tertiary/aromatic N) is 1. The lowest BCUT2D eigenvalue weighted by atomic mass is 9.81. The van der Waals surface area contributed by atoms with Gasteiger partial charge < -0.3 is 14.7 Å². The van der Waals surface area contributed by atoms with Gasteiger partial charge in [-0.1, -0.05) is 6.42 Å². The molecule has 5 nitrogen and oxygen atoms in total. The van der Waals surface area contributed by atoms with Crippen molar-refractivity contribution in [2.45, 2.75) is 19.3 Å². The zero-order chi connectivity index (χ0) is 16.8. The Labute approximate surface area is 131 Å². The molecule has 1 N–H and O–H groups in total. The first-order chi connectivity index (χ1) is 10.9. The van der Waals surface area contributed by atoms with Crippen LogP contribution >= 0.6 is 0 Å². The van der Waals surface area contributed by atoms with Crippen LogP contribution in [-0.2, 0) is 4.79 Å². The summed E-state index contributed by atoms with van der Waals surface area (Å²) in [4.78, 5) is 25.6. The molecule has 2 fully saturated rings. The zero-order valence-corrected chi connectivity index (χ0v) is 12.6. The number of hydrogen-bond donors (Lipinski definition) is 1. The Balaban J connectivity index is 1.95. The third-order valence-electron chi connectivity index (χ3n) is 5.06. The van der Waals surface area contributed by atoms with E-state index in [0.717, 1.165) is 32.1 Å². The number of ether oxygens (including phenoxy) is 1. The molecule has 1 aliphatic heterocycles. The molecule has 3 rings (SSSR count). The first-order valence-corrected chi connectivity index (χ1v) is 7.45. The van der Waals surface area contributed by atoms with Crippen LogP contribution in [0.15, 0.2) is 12.1 Å². The van der Waals surface area contributed by atoms with Crippen LogP contribution in [0, 0.1) is 23.0 Å². The highest BCUT2D eigenvalue weighted by Gasteiger charge is 2.56. The molecule has 2 atom stereocenters. The van der Waals surface area contributed by atoms with Crippen molar-refractivity contribution in [1.29, 1.82) is 0 Å². The minimum Gasteiger partial charge on any atom is -0.493 e. The van der Waals surface area contributed by atoms with Gasteiger partial charge in [-0.15, -0.1) is 0 Å². The second-order valence-electron chi connectivity index (χ2n) is 6.17. The summed E-state index contributed by atoms with van der Waals surface area (Å²) in [5.41, 5.74) is -1.44. The first kappa shape index (κ1) is 15.7. The number of amides is 1. The largest absolute Gasteiger partial charge is 0.493 e. The van der Waals surface area contributed by atoms with Crippen molar-refractivity contribution in [2.75, 3.05) is 20.2 Å². The molecule has 1 amide bonds. The molecular formula is C16H17F2NO4. The van der Waals surface area contributed by atoms with E-state index in [2.05, 4.69) is 0 Å². The molecule has 0 radical (unpaired) electrons. The van der Waals surface area contributed by atoms with E-state index < -0.39 is 40.2 Å². The highest BCUT2D eigenvalue weighted by Crippen LogP contribution is 2.49. The molecule has 0 aromatic heterocycles. The van der Waals surface area contributed by atoms with Crippen molar-refractivity contribution in [2.24, 2.45) is 11.3 Å². The fourth-order valence-electron chi connectivity index (χ4n) is 3.88. The summed E-state index contributed by atoms with van der Waals surface area (Å²) in [6, 6.07) is 1.76. The lowest BCUT2D eigenvalue weighted by molar-refractivity contribution is -0.149. The van der Waals surface area contributed by atoms with Crippen LogP contribution in [-0.4, -0.2) is 42.1 Å². The summed E-state index contributed by atoms with van der Waals surface area (Å²) in [6.07, 6.45) is 2.02. The van der Waals surface area contributed by atoms with Crippen molar-refractivity contribution in [1.82, 2.24) is 4.90 Å². The Morgan fingerprint density at radius 2 is 2.04 bits per heavy atom. The first-order valence-electron chi connectivity index (χ1n) is 7.45. The lowest BCUT2D eigenvalue weighted by Gasteiger charge is -2.23. The number of aliphatic carboxylic acids is 1. The number of carbonyl (C=O) groups excluding carboxylic acids is 1. The van der Waals surface area contributed by atoms with E-state index in [-0.39, 0.29) is 19.0 Å². The van der Waals surface area contributed by atoms with E-state index in [0.29, 0.717) is 6.42 Å². The highest BCUT2D eigenvalue weighted by molar-refractivity contribution is 5.98. The SMILES string of the molecule is COc1c(F)ccc(F)c1C(=O)N1C[C@@H]2CCC[C@@]2(C(=O)O)C1. The van der Waals surface area contributed by atoms with E-state index in [1.807, 2.05) is 0 Å². The molecular weight excluding hydrogens is 308 g/mol. The molecule has 0 bridgehead atoms. The van der Waals surface area contributed by atoms with Crippen molar-refractivity contribution < 1.29 is 28.2 Å². The predicted molar refractivity (Wildman–Crippen MR) is 76.2 cm³/mol. The molecule has 1 heterocycles. The molecule has 2 aliphatic rings. The van der Waals surface area contributed by atoms with Gasteiger partial charge in [-0.3, -0.25) is 9.59 Å². The number of carboxylic acid groups (broad SMARTS) is 1. The number of hydrogen-bond acceptors (Lipinski definition) is 3. The monoisotopic (exact) mass is 325 g/mol. The molecule has 7 heteroatoms. The van der Waals surface area contributed by atoms with Crippen LogP contribution < -0.4 is 4.74 Å². The van der Waals surface area contributed by atoms with E-state index in [9.17, 15) is 23.5 Å². The summed E-state index contributed by atoms with van der Waals surface area (Å²) in [5.74, 6) is -3.96. The van der Waals surface area contributed by atoms with Crippen molar-refractivity contribution in [3.05, 3.63) is 29.3 Å². The maximum absolute atomic E-state index is 14.1. The minimum absolute atomic E-state index is 0.0188. The summed E-state index contributed by atoms with van der Waals surface area (Å²) in [5, 5.41) is 9.55. The average Bonchev–Trinajstić information content (AvgIpc) is 3.06. The van der Waals surface area contributed by atoms with Gasteiger partial charge in [-0.25, -0.2) is 8.78 Å². The number of fused-ring (bicyclic) bond motifs is 1. The van der Waals surface area contributed by atoms with Crippen molar-refractivity contribution in [3.8, 4) is 5.75 Å². The van der Waals surface area contributed by atoms with Gasteiger partial charge in [0.2, 0.25) is 0 Å². The van der Waals surface area contributed by atoms with Crippen molar-refractivity contribution >= 4 is 11.9 Å². The predicted octanol–water partition coefficient (Wildman–Crippen LogP) is 2.30. The van der Waals surface area contributed by atoms with Crippen LogP contribution in [0.1, 0.15) is 29.6 Å². The van der Waals surface area contributed by atoms with E-state index in [1.165, 1.54) is 4.90 Å². The number of rotatable bonds is 3. The molecule has 0 unspecified atom stereocenters. The Bertz CT molecular complexity index is 678. The Morgan fingerprint density at radius 3 is 2.65 bits per heavy atom. The molecule has 1 aromatic carbocycles. The molecule has 0 spiro atoms. The molecule has 1 aliphatic carbocycles. The number of likely N-dealkylation sites (tertiary alicyclic amines) is 1. The summed E-state index contributed by atoms with van der Waals surface area (Å²) < 4.78 is 32.6. The average molecular weight is 325 g/mol. The van der Waals surface area contributed by atoms with E-state index in [4.69, 9.17) is 4.74 Å². The second-order valence-corrected chi connectivity index (χ2v) is 6.17. The quantitative estimate of drug-likeness (QED) is 0.926. The summed E-state index contributed by atoms with van der Waals surface area (Å²) in [7, 11) is 1.16. The third kappa shape index (κ3) is 2.26. The van der Waals surface area contributed by atoms with Crippen LogP contribution in [0.2, 0.25) is 0 Å². The molecule has 1 saturated heterocycles. The van der Waals surface area contributed by atoms with Gasteiger partial charge >= 0.3 is 5.97 Å². The van der Waals surface area contributed by atoms with E-state index >= 15 is 0 Å². The molecule has 1 aromatic rings. The van der Waals surface area contributed by atoms with Gasteiger partial charge in [0.1, 0.15) is 11.4 Å². The van der Waals surface area contributed by atoms with Crippen LogP contribution in [0.4, 0.5) is 8.78 Å². The number of benzene rings is 1. The fraction of sp³-hybridized carbons (Fsp3) is 0.500. The Kier molecular flexibility index (Phi) is 3.74. The maximum Gasteiger partial charge on any atom is 0.311 e. The normalized spacial score (nSPS) is 26.2. The van der Waals surface area contributed by atoms with Gasteiger partial charge in [-0.05, 0) is 30.9 Å². The minimum atomic E-state index is -0.966. The topological polar surface area (TPSA) is 66.8 Å². The third-order valence-corrected chi connectivity index (χ3v) is 5.06. The summed E-state index contributed by atoms with van der Waals surface area (Å²) >= 11 is 0. The number of carbonyl (C=O) groups is 2. The molecule has 23 heavy (non-hydrogen) atoms. The number of halogens is 2. The maximum atomic E-state index is 14.1. The van der Waals surface area contributed by atoms with Gasteiger partial charge in [0.25, 0.3) is 5.91 Å². The van der Waals surface area contributed by atoms with Crippen molar-refractivity contribution in [3.63, 3.8) is 0 Å². The van der Waals surface area contributed by atoms with Crippen LogP contribution in [0.3, 0.4) is 0 Å². The van der Waals surface area contributed by atoms with Gasteiger partial charge in [0.15, 0.2) is 11.6 Å². The van der Waals surface area contributed by atoms with Gasteiger partial charge in [0.05, 0.1) is 12.5 Å².